The first-order valence-corrected chi connectivity index (χ1v) is 8.96. The number of aryl methyl sites for hydroxylation is 2. The molecule has 0 aliphatic heterocycles. The second-order valence-electron chi connectivity index (χ2n) is 6.83. The van der Waals surface area contributed by atoms with Crippen LogP contribution in [0.2, 0.25) is 0 Å². The van der Waals surface area contributed by atoms with E-state index in [9.17, 15) is 9.59 Å². The fourth-order valence-electron chi connectivity index (χ4n) is 3.19. The molecule has 0 bridgehead atoms. The summed E-state index contributed by atoms with van der Waals surface area (Å²) in [5.74, 6) is 0.0775. The third-order valence-corrected chi connectivity index (χ3v) is 4.88. The fourth-order valence-corrected chi connectivity index (χ4v) is 3.19. The maximum absolute atomic E-state index is 12.2. The molecule has 0 saturated heterocycles. The molecule has 126 valence electrons. The van der Waals surface area contributed by atoms with Gasteiger partial charge in [0.1, 0.15) is 0 Å². The minimum atomic E-state index is 0.0211. The highest BCUT2D eigenvalue weighted by Gasteiger charge is 2.15. The lowest BCUT2D eigenvalue weighted by Crippen LogP contribution is -2.35. The van der Waals surface area contributed by atoms with Gasteiger partial charge in [-0.2, -0.15) is 0 Å². The first-order valence-electron chi connectivity index (χ1n) is 8.96. The zero-order valence-electron chi connectivity index (χ0n) is 14.5. The Hall–Kier alpha value is -1.64. The third-order valence-electron chi connectivity index (χ3n) is 4.88. The standard InChI is InChI=1S/C20H29NO2/c1-15-10-11-17(14-16(15)2)19(22)12-13-20(23)21-18-8-6-4-3-5-7-9-18/h10-11,14,18H,3-9,12-13H2,1-2H3,(H,21,23). The molecule has 2 rings (SSSR count). The fraction of sp³-hybridized carbons (Fsp3) is 0.600. The molecule has 1 saturated carbocycles. The van der Waals surface area contributed by atoms with Gasteiger partial charge in [0.05, 0.1) is 0 Å². The summed E-state index contributed by atoms with van der Waals surface area (Å²) in [6.45, 7) is 4.04. The maximum Gasteiger partial charge on any atom is 0.220 e. The van der Waals surface area contributed by atoms with Crippen molar-refractivity contribution in [2.24, 2.45) is 0 Å². The van der Waals surface area contributed by atoms with Crippen molar-refractivity contribution in [3.8, 4) is 0 Å². The summed E-state index contributed by atoms with van der Waals surface area (Å²) in [4.78, 5) is 24.3. The quantitative estimate of drug-likeness (QED) is 0.813. The first-order chi connectivity index (χ1) is 11.1. The molecule has 1 aliphatic carbocycles. The van der Waals surface area contributed by atoms with E-state index in [2.05, 4.69) is 5.32 Å². The lowest BCUT2D eigenvalue weighted by atomic mass is 9.96. The summed E-state index contributed by atoms with van der Waals surface area (Å²) in [6, 6.07) is 6.05. The van der Waals surface area contributed by atoms with Crippen LogP contribution in [0.15, 0.2) is 18.2 Å². The molecular formula is C20H29NO2. The summed E-state index contributed by atoms with van der Waals surface area (Å²) in [5, 5.41) is 3.12. The van der Waals surface area contributed by atoms with Gasteiger partial charge in [-0.25, -0.2) is 0 Å². The van der Waals surface area contributed by atoms with Gasteiger partial charge in [-0.05, 0) is 43.9 Å². The molecule has 1 aromatic carbocycles. The molecule has 0 spiro atoms. The first kappa shape index (κ1) is 17.7. The molecule has 1 aliphatic rings. The van der Waals surface area contributed by atoms with E-state index in [1.54, 1.807) is 0 Å². The normalized spacial score (nSPS) is 16.4. The number of carbonyl (C=O) groups excluding carboxylic acids is 2. The molecule has 0 radical (unpaired) electrons. The van der Waals surface area contributed by atoms with Crippen molar-refractivity contribution in [2.45, 2.75) is 77.7 Å². The average Bonchev–Trinajstić information content (AvgIpc) is 2.50. The zero-order valence-corrected chi connectivity index (χ0v) is 14.5. The average molecular weight is 315 g/mol. The lowest BCUT2D eigenvalue weighted by Gasteiger charge is -2.21. The molecule has 1 N–H and O–H groups in total. The van der Waals surface area contributed by atoms with Crippen molar-refractivity contribution >= 4 is 11.7 Å². The molecule has 1 amide bonds. The van der Waals surface area contributed by atoms with E-state index in [4.69, 9.17) is 0 Å². The minimum absolute atomic E-state index is 0.0211. The summed E-state index contributed by atoms with van der Waals surface area (Å²) in [5.41, 5.74) is 3.02. The van der Waals surface area contributed by atoms with Crippen LogP contribution in [0.1, 0.15) is 79.3 Å². The number of amides is 1. The van der Waals surface area contributed by atoms with E-state index >= 15 is 0 Å². The zero-order chi connectivity index (χ0) is 16.7. The Morgan fingerprint density at radius 2 is 1.61 bits per heavy atom. The van der Waals surface area contributed by atoms with Crippen LogP contribution in [0.3, 0.4) is 0 Å². The molecule has 0 heterocycles. The van der Waals surface area contributed by atoms with Gasteiger partial charge in [0.2, 0.25) is 5.91 Å². The van der Waals surface area contributed by atoms with E-state index in [1.165, 1.54) is 37.7 Å². The number of hydrogen-bond acceptors (Lipinski definition) is 2. The van der Waals surface area contributed by atoms with Gasteiger partial charge in [-0.1, -0.05) is 44.2 Å². The summed E-state index contributed by atoms with van der Waals surface area (Å²) in [6.07, 6.45) is 9.02. The molecule has 23 heavy (non-hydrogen) atoms. The molecular weight excluding hydrogens is 286 g/mol. The number of rotatable bonds is 5. The number of Topliss-reactive ketones (excluding diaryl/α,β-unsaturated/α-hetero) is 1. The van der Waals surface area contributed by atoms with Crippen LogP contribution in [0.25, 0.3) is 0 Å². The molecule has 3 nitrogen and oxygen atoms in total. The SMILES string of the molecule is Cc1ccc(C(=O)CCC(=O)NC2CCCCCCC2)cc1C. The van der Waals surface area contributed by atoms with Crippen molar-refractivity contribution < 1.29 is 9.59 Å². The Balaban J connectivity index is 1.78. The number of benzene rings is 1. The highest BCUT2D eigenvalue weighted by atomic mass is 16.2. The van der Waals surface area contributed by atoms with Gasteiger partial charge >= 0.3 is 0 Å². The Morgan fingerprint density at radius 1 is 0.957 bits per heavy atom. The monoisotopic (exact) mass is 315 g/mol. The summed E-state index contributed by atoms with van der Waals surface area (Å²) < 4.78 is 0. The van der Waals surface area contributed by atoms with Gasteiger partial charge < -0.3 is 5.32 Å². The van der Waals surface area contributed by atoms with E-state index in [1.807, 2.05) is 32.0 Å². The number of hydrogen-bond donors (Lipinski definition) is 1. The number of nitrogens with one attached hydrogen (secondary N) is 1. The van der Waals surface area contributed by atoms with Crippen LogP contribution in [0, 0.1) is 13.8 Å². The van der Waals surface area contributed by atoms with Gasteiger partial charge in [0.25, 0.3) is 0 Å². The van der Waals surface area contributed by atoms with Crippen LogP contribution < -0.4 is 5.32 Å². The molecule has 1 fully saturated rings. The smallest absolute Gasteiger partial charge is 0.220 e. The Morgan fingerprint density at radius 3 is 2.26 bits per heavy atom. The minimum Gasteiger partial charge on any atom is -0.353 e. The Labute approximate surface area is 139 Å². The molecule has 3 heteroatoms. The largest absolute Gasteiger partial charge is 0.353 e. The van der Waals surface area contributed by atoms with Gasteiger partial charge in [0, 0.05) is 24.4 Å². The van der Waals surface area contributed by atoms with Crippen LogP contribution >= 0.6 is 0 Å². The van der Waals surface area contributed by atoms with Crippen LogP contribution in [0.5, 0.6) is 0 Å². The Bertz CT molecular complexity index is 543. The number of carbonyl (C=O) groups is 2. The van der Waals surface area contributed by atoms with Gasteiger partial charge in [0.15, 0.2) is 5.78 Å². The van der Waals surface area contributed by atoms with Crippen LogP contribution in [-0.2, 0) is 4.79 Å². The highest BCUT2D eigenvalue weighted by Crippen LogP contribution is 2.17. The molecule has 0 unspecified atom stereocenters. The van der Waals surface area contributed by atoms with Crippen molar-refractivity contribution in [3.05, 3.63) is 34.9 Å². The second-order valence-corrected chi connectivity index (χ2v) is 6.83. The van der Waals surface area contributed by atoms with Gasteiger partial charge in [-0.15, -0.1) is 0 Å². The maximum atomic E-state index is 12.2. The van der Waals surface area contributed by atoms with Gasteiger partial charge in [-0.3, -0.25) is 9.59 Å². The summed E-state index contributed by atoms with van der Waals surface area (Å²) >= 11 is 0. The van der Waals surface area contributed by atoms with E-state index < -0.39 is 0 Å². The lowest BCUT2D eigenvalue weighted by molar-refractivity contribution is -0.121. The number of ketones is 1. The van der Waals surface area contributed by atoms with Crippen molar-refractivity contribution in [3.63, 3.8) is 0 Å². The van der Waals surface area contributed by atoms with E-state index in [-0.39, 0.29) is 11.7 Å². The van der Waals surface area contributed by atoms with Crippen molar-refractivity contribution in [1.29, 1.82) is 0 Å². The van der Waals surface area contributed by atoms with Crippen LogP contribution in [-0.4, -0.2) is 17.7 Å². The summed E-state index contributed by atoms with van der Waals surface area (Å²) in [7, 11) is 0. The highest BCUT2D eigenvalue weighted by molar-refractivity contribution is 5.98. The Kier molecular flexibility index (Phi) is 6.82. The van der Waals surface area contributed by atoms with Crippen molar-refractivity contribution in [1.82, 2.24) is 5.32 Å². The topological polar surface area (TPSA) is 46.2 Å². The van der Waals surface area contributed by atoms with Crippen LogP contribution in [0.4, 0.5) is 0 Å². The van der Waals surface area contributed by atoms with E-state index in [0.717, 1.165) is 18.4 Å². The third kappa shape index (κ3) is 5.81. The molecule has 0 atom stereocenters. The second kappa shape index (κ2) is 8.85. The molecule has 1 aromatic rings. The van der Waals surface area contributed by atoms with Crippen molar-refractivity contribution in [2.75, 3.05) is 0 Å². The predicted molar refractivity (Wildman–Crippen MR) is 93.7 cm³/mol. The van der Waals surface area contributed by atoms with E-state index in [0.29, 0.717) is 24.4 Å². The predicted octanol–water partition coefficient (Wildman–Crippen LogP) is 4.50. The molecule has 0 aromatic heterocycles.